The molecule has 1 atom stereocenters. The molecule has 1 N–H and O–H groups in total. The maximum absolute atomic E-state index is 13.3. The van der Waals surface area contributed by atoms with Crippen LogP contribution in [0.4, 0.5) is 5.69 Å². The molecule has 1 amide bonds. The minimum absolute atomic E-state index is 0.104. The lowest BCUT2D eigenvalue weighted by Crippen LogP contribution is -2.23. The Morgan fingerprint density at radius 3 is 2.28 bits per heavy atom. The van der Waals surface area contributed by atoms with Gasteiger partial charge in [-0.2, -0.15) is 0 Å². The zero-order chi connectivity index (χ0) is 24.9. The quantitative estimate of drug-likeness (QED) is 0.266. The Labute approximate surface area is 214 Å². The third-order valence-corrected chi connectivity index (χ3v) is 6.83. The first-order chi connectivity index (χ1) is 17.6. The number of carbonyl (C=O) groups excluding carboxylic acids is 1. The summed E-state index contributed by atoms with van der Waals surface area (Å²) in [6.07, 6.45) is 3.47. The van der Waals surface area contributed by atoms with Gasteiger partial charge >= 0.3 is 0 Å². The number of hydrogen-bond acceptors (Lipinski definition) is 5. The van der Waals surface area contributed by atoms with Crippen LogP contribution in [0, 0.1) is 6.92 Å². The molecular formula is C29H25N5OS. The van der Waals surface area contributed by atoms with E-state index in [1.807, 2.05) is 90.4 Å². The Morgan fingerprint density at radius 2 is 1.53 bits per heavy atom. The molecule has 2 heterocycles. The number of anilines is 1. The third-order valence-electron chi connectivity index (χ3n) is 5.79. The van der Waals surface area contributed by atoms with Crippen molar-refractivity contribution in [3.05, 3.63) is 109 Å². The molecule has 1 unspecified atom stereocenters. The maximum atomic E-state index is 13.3. The van der Waals surface area contributed by atoms with Gasteiger partial charge in [0.2, 0.25) is 5.91 Å². The zero-order valence-electron chi connectivity index (χ0n) is 20.0. The standard InChI is InChI=1S/C29H25N5OS/c1-20-12-14-24(15-13-20)34-27(23-16-18-30-19-17-23)32-33-29(34)36-21(2)28(35)31-26-11-7-6-10-25(26)22-8-4-3-5-9-22/h3-19,21H,1-2H3,(H,31,35). The first-order valence-electron chi connectivity index (χ1n) is 11.6. The highest BCUT2D eigenvalue weighted by molar-refractivity contribution is 8.00. The largest absolute Gasteiger partial charge is 0.325 e. The summed E-state index contributed by atoms with van der Waals surface area (Å²) in [5, 5.41) is 12.3. The summed E-state index contributed by atoms with van der Waals surface area (Å²) in [7, 11) is 0. The van der Waals surface area contributed by atoms with Crippen molar-refractivity contribution < 1.29 is 4.79 Å². The van der Waals surface area contributed by atoms with E-state index < -0.39 is 5.25 Å². The monoisotopic (exact) mass is 491 g/mol. The molecule has 0 fully saturated rings. The van der Waals surface area contributed by atoms with E-state index in [-0.39, 0.29) is 5.91 Å². The number of aromatic nitrogens is 4. The molecule has 2 aromatic heterocycles. The van der Waals surface area contributed by atoms with Crippen molar-refractivity contribution in [1.29, 1.82) is 0 Å². The summed E-state index contributed by atoms with van der Waals surface area (Å²) in [4.78, 5) is 17.4. The van der Waals surface area contributed by atoms with E-state index in [1.54, 1.807) is 12.4 Å². The summed E-state index contributed by atoms with van der Waals surface area (Å²) >= 11 is 1.38. The number of para-hydroxylation sites is 1. The highest BCUT2D eigenvalue weighted by Crippen LogP contribution is 2.32. The lowest BCUT2D eigenvalue weighted by molar-refractivity contribution is -0.115. The van der Waals surface area contributed by atoms with Crippen LogP contribution in [0.15, 0.2) is 109 Å². The van der Waals surface area contributed by atoms with E-state index >= 15 is 0 Å². The Bertz CT molecular complexity index is 1470. The van der Waals surface area contributed by atoms with Gasteiger partial charge in [-0.15, -0.1) is 10.2 Å². The first-order valence-corrected chi connectivity index (χ1v) is 12.5. The van der Waals surface area contributed by atoms with Gasteiger partial charge in [0.1, 0.15) is 0 Å². The van der Waals surface area contributed by atoms with Crippen molar-refractivity contribution in [3.63, 3.8) is 0 Å². The summed E-state index contributed by atoms with van der Waals surface area (Å²) in [5.74, 6) is 0.595. The minimum atomic E-state index is -0.410. The predicted octanol–water partition coefficient (Wildman–Crippen LogP) is 6.42. The molecule has 5 rings (SSSR count). The molecule has 0 saturated heterocycles. The van der Waals surface area contributed by atoms with Crippen LogP contribution in [0.25, 0.3) is 28.2 Å². The molecule has 0 radical (unpaired) electrons. The molecule has 0 aliphatic rings. The van der Waals surface area contributed by atoms with E-state index in [4.69, 9.17) is 0 Å². The molecule has 7 heteroatoms. The lowest BCUT2D eigenvalue weighted by Gasteiger charge is -2.16. The van der Waals surface area contributed by atoms with Crippen LogP contribution < -0.4 is 5.32 Å². The number of nitrogens with one attached hydrogen (secondary N) is 1. The first kappa shape index (κ1) is 23.5. The van der Waals surface area contributed by atoms with Gasteiger partial charge in [-0.3, -0.25) is 14.3 Å². The van der Waals surface area contributed by atoms with Gasteiger partial charge in [0.05, 0.1) is 5.25 Å². The average molecular weight is 492 g/mol. The van der Waals surface area contributed by atoms with Crippen LogP contribution in [0.5, 0.6) is 0 Å². The molecule has 178 valence electrons. The molecule has 0 aliphatic heterocycles. The Morgan fingerprint density at radius 1 is 0.833 bits per heavy atom. The second-order valence-electron chi connectivity index (χ2n) is 8.37. The molecule has 3 aromatic carbocycles. The Hall–Kier alpha value is -4.23. The third kappa shape index (κ3) is 5.06. The van der Waals surface area contributed by atoms with Gasteiger partial charge in [-0.05, 0) is 49.7 Å². The van der Waals surface area contributed by atoms with Crippen molar-refractivity contribution in [3.8, 4) is 28.2 Å². The number of carbonyl (C=O) groups is 1. The van der Waals surface area contributed by atoms with Gasteiger partial charge < -0.3 is 5.32 Å². The van der Waals surface area contributed by atoms with Crippen LogP contribution in [0.1, 0.15) is 12.5 Å². The van der Waals surface area contributed by atoms with Gasteiger partial charge in [0, 0.05) is 34.9 Å². The van der Waals surface area contributed by atoms with E-state index in [1.165, 1.54) is 11.8 Å². The Balaban J connectivity index is 1.43. The molecule has 0 spiro atoms. The van der Waals surface area contributed by atoms with Gasteiger partial charge in [-0.25, -0.2) is 0 Å². The number of aryl methyl sites for hydroxylation is 1. The molecule has 6 nitrogen and oxygen atoms in total. The fourth-order valence-electron chi connectivity index (χ4n) is 3.87. The maximum Gasteiger partial charge on any atom is 0.237 e. The van der Waals surface area contributed by atoms with E-state index in [9.17, 15) is 4.79 Å². The number of hydrogen-bond donors (Lipinski definition) is 1. The SMILES string of the molecule is Cc1ccc(-n2c(SC(C)C(=O)Nc3ccccc3-c3ccccc3)nnc2-c2ccncc2)cc1. The number of thioether (sulfide) groups is 1. The van der Waals surface area contributed by atoms with E-state index in [0.717, 1.165) is 33.6 Å². The molecule has 0 bridgehead atoms. The summed E-state index contributed by atoms with van der Waals surface area (Å²) < 4.78 is 1.99. The van der Waals surface area contributed by atoms with E-state index in [2.05, 4.69) is 39.6 Å². The second kappa shape index (κ2) is 10.6. The normalized spacial score (nSPS) is 11.7. The van der Waals surface area contributed by atoms with Crippen molar-refractivity contribution in [2.45, 2.75) is 24.3 Å². The smallest absolute Gasteiger partial charge is 0.237 e. The molecular weight excluding hydrogens is 466 g/mol. The van der Waals surface area contributed by atoms with Crippen LogP contribution in [-0.4, -0.2) is 30.9 Å². The van der Waals surface area contributed by atoms with Crippen LogP contribution in [0.3, 0.4) is 0 Å². The summed E-state index contributed by atoms with van der Waals surface area (Å²) in [5.41, 5.74) is 5.80. The summed E-state index contributed by atoms with van der Waals surface area (Å²) in [6, 6.07) is 29.8. The molecule has 0 saturated carbocycles. The van der Waals surface area contributed by atoms with Gasteiger partial charge in [0.25, 0.3) is 0 Å². The van der Waals surface area contributed by atoms with Crippen molar-refractivity contribution >= 4 is 23.4 Å². The zero-order valence-corrected chi connectivity index (χ0v) is 20.8. The summed E-state index contributed by atoms with van der Waals surface area (Å²) in [6.45, 7) is 3.93. The second-order valence-corrected chi connectivity index (χ2v) is 9.68. The number of pyridine rings is 1. The van der Waals surface area contributed by atoms with Crippen LogP contribution >= 0.6 is 11.8 Å². The molecule has 0 aliphatic carbocycles. The van der Waals surface area contributed by atoms with Crippen LogP contribution in [-0.2, 0) is 4.79 Å². The van der Waals surface area contributed by atoms with Crippen molar-refractivity contribution in [2.24, 2.45) is 0 Å². The lowest BCUT2D eigenvalue weighted by atomic mass is 10.0. The fraction of sp³-hybridized carbons (Fsp3) is 0.103. The van der Waals surface area contributed by atoms with Crippen LogP contribution in [0.2, 0.25) is 0 Å². The molecule has 36 heavy (non-hydrogen) atoms. The molecule has 5 aromatic rings. The highest BCUT2D eigenvalue weighted by Gasteiger charge is 2.22. The average Bonchev–Trinajstić information content (AvgIpc) is 3.34. The topological polar surface area (TPSA) is 72.7 Å². The van der Waals surface area contributed by atoms with E-state index in [0.29, 0.717) is 11.0 Å². The van der Waals surface area contributed by atoms with Crippen molar-refractivity contribution in [2.75, 3.05) is 5.32 Å². The fourth-order valence-corrected chi connectivity index (χ4v) is 4.74. The number of nitrogens with zero attached hydrogens (tertiary/aromatic N) is 4. The Kier molecular flexibility index (Phi) is 6.91. The highest BCUT2D eigenvalue weighted by atomic mass is 32.2. The number of amides is 1. The van der Waals surface area contributed by atoms with Gasteiger partial charge in [-0.1, -0.05) is 78.0 Å². The minimum Gasteiger partial charge on any atom is -0.325 e. The van der Waals surface area contributed by atoms with Gasteiger partial charge in [0.15, 0.2) is 11.0 Å². The predicted molar refractivity (Wildman–Crippen MR) is 145 cm³/mol. The van der Waals surface area contributed by atoms with Crippen molar-refractivity contribution in [1.82, 2.24) is 19.7 Å². The number of benzene rings is 3. The number of rotatable bonds is 7.